The third-order valence-corrected chi connectivity index (χ3v) is 4.09. The summed E-state index contributed by atoms with van der Waals surface area (Å²) in [5, 5.41) is 4.39. The van der Waals surface area contributed by atoms with Crippen LogP contribution in [0.25, 0.3) is 0 Å². The number of carbonyl (C=O) groups is 1. The Bertz CT molecular complexity index is 595. The number of halogens is 3. The number of aryl methyl sites for hydroxylation is 1. The lowest BCUT2D eigenvalue weighted by Gasteiger charge is -2.33. The highest BCUT2D eigenvalue weighted by Gasteiger charge is 2.41. The van der Waals surface area contributed by atoms with Crippen molar-refractivity contribution in [2.75, 3.05) is 7.11 Å². The Morgan fingerprint density at radius 1 is 1.48 bits per heavy atom. The minimum Gasteiger partial charge on any atom is -0.274 e. The number of hydrogen-bond acceptors (Lipinski definition) is 3. The molecule has 5 nitrogen and oxygen atoms in total. The first-order chi connectivity index (χ1) is 10.8. The number of allylic oxidation sites excluding steroid dienone is 2. The van der Waals surface area contributed by atoms with Crippen molar-refractivity contribution in [2.24, 2.45) is 13.0 Å². The average Bonchev–Trinajstić information content (AvgIpc) is 2.91. The predicted octanol–water partition coefficient (Wildman–Crippen LogP) is 3.19. The van der Waals surface area contributed by atoms with E-state index in [9.17, 15) is 18.0 Å². The van der Waals surface area contributed by atoms with E-state index in [1.807, 2.05) is 6.08 Å². The van der Waals surface area contributed by atoms with E-state index in [4.69, 9.17) is 4.84 Å². The highest BCUT2D eigenvalue weighted by Crippen LogP contribution is 2.32. The van der Waals surface area contributed by atoms with E-state index in [-0.39, 0.29) is 12.0 Å². The molecule has 2 atom stereocenters. The molecule has 0 fully saturated rings. The molecule has 0 saturated heterocycles. The van der Waals surface area contributed by atoms with Gasteiger partial charge in [0.25, 0.3) is 5.91 Å². The molecule has 0 saturated carbocycles. The third-order valence-electron chi connectivity index (χ3n) is 4.09. The smallest absolute Gasteiger partial charge is 0.274 e. The minimum atomic E-state index is -4.69. The van der Waals surface area contributed by atoms with Gasteiger partial charge in [0.15, 0.2) is 5.69 Å². The molecule has 128 valence electrons. The van der Waals surface area contributed by atoms with Crippen LogP contribution in [0.2, 0.25) is 0 Å². The van der Waals surface area contributed by atoms with Gasteiger partial charge in [-0.15, -0.1) is 0 Å². The van der Waals surface area contributed by atoms with Gasteiger partial charge in [0, 0.05) is 13.2 Å². The Morgan fingerprint density at radius 3 is 2.70 bits per heavy atom. The standard InChI is InChI=1S/C15H20F3N3O2/c1-10(11-7-5-4-6-8-11)21(23-3)14(22)12-9-20(2)19-13(12)15(16,17)18/h4-5,9-11H,6-8H2,1-3H3. The maximum absolute atomic E-state index is 13.0. The lowest BCUT2D eigenvalue weighted by molar-refractivity contribution is -0.145. The number of amides is 1. The lowest BCUT2D eigenvalue weighted by Crippen LogP contribution is -2.42. The highest BCUT2D eigenvalue weighted by atomic mass is 19.4. The van der Waals surface area contributed by atoms with Crippen LogP contribution in [0.5, 0.6) is 0 Å². The van der Waals surface area contributed by atoms with Crippen molar-refractivity contribution < 1.29 is 22.8 Å². The molecule has 0 aliphatic heterocycles. The van der Waals surface area contributed by atoms with Gasteiger partial charge in [-0.1, -0.05) is 12.2 Å². The van der Waals surface area contributed by atoms with Crippen molar-refractivity contribution in [1.29, 1.82) is 0 Å². The van der Waals surface area contributed by atoms with E-state index in [2.05, 4.69) is 11.2 Å². The molecular formula is C15H20F3N3O2. The maximum atomic E-state index is 13.0. The first kappa shape index (κ1) is 17.5. The molecule has 1 heterocycles. The topological polar surface area (TPSA) is 47.4 Å². The SMILES string of the molecule is CON(C(=O)c1cn(C)nc1C(F)(F)F)C(C)C1CC=CCC1. The van der Waals surface area contributed by atoms with Crippen molar-refractivity contribution in [2.45, 2.75) is 38.4 Å². The Hall–Kier alpha value is -1.83. The van der Waals surface area contributed by atoms with E-state index in [1.165, 1.54) is 14.2 Å². The number of hydrogen-bond donors (Lipinski definition) is 0. The fourth-order valence-corrected chi connectivity index (χ4v) is 2.85. The van der Waals surface area contributed by atoms with Crippen molar-refractivity contribution in [3.8, 4) is 0 Å². The average molecular weight is 331 g/mol. The molecule has 2 rings (SSSR count). The predicted molar refractivity (Wildman–Crippen MR) is 77.3 cm³/mol. The van der Waals surface area contributed by atoms with Gasteiger partial charge in [-0.05, 0) is 32.1 Å². The van der Waals surface area contributed by atoms with Crippen LogP contribution in [0, 0.1) is 5.92 Å². The van der Waals surface area contributed by atoms with E-state index in [0.717, 1.165) is 35.2 Å². The van der Waals surface area contributed by atoms with Crippen LogP contribution in [-0.2, 0) is 18.1 Å². The minimum absolute atomic E-state index is 0.148. The summed E-state index contributed by atoms with van der Waals surface area (Å²) < 4.78 is 40.1. The molecule has 0 N–H and O–H groups in total. The van der Waals surface area contributed by atoms with Crippen molar-refractivity contribution in [3.05, 3.63) is 29.6 Å². The zero-order chi connectivity index (χ0) is 17.2. The summed E-state index contributed by atoms with van der Waals surface area (Å²) in [6, 6.07) is -0.335. The Kier molecular flexibility index (Phi) is 5.13. The van der Waals surface area contributed by atoms with E-state index in [0.29, 0.717) is 0 Å². The van der Waals surface area contributed by atoms with Crippen molar-refractivity contribution in [3.63, 3.8) is 0 Å². The second-order valence-corrected chi connectivity index (χ2v) is 5.66. The quantitative estimate of drug-likeness (QED) is 0.629. The molecule has 1 amide bonds. The highest BCUT2D eigenvalue weighted by molar-refractivity contribution is 5.94. The number of nitrogens with zero attached hydrogens (tertiary/aromatic N) is 3. The number of aromatic nitrogens is 2. The first-order valence-corrected chi connectivity index (χ1v) is 7.39. The summed E-state index contributed by atoms with van der Waals surface area (Å²) in [4.78, 5) is 17.7. The number of carbonyl (C=O) groups excluding carboxylic acids is 1. The fourth-order valence-electron chi connectivity index (χ4n) is 2.85. The van der Waals surface area contributed by atoms with Crippen molar-refractivity contribution in [1.82, 2.24) is 14.8 Å². The summed E-state index contributed by atoms with van der Waals surface area (Å²) in [5.41, 5.74) is -1.69. The maximum Gasteiger partial charge on any atom is 0.435 e. The van der Waals surface area contributed by atoms with Gasteiger partial charge in [0.2, 0.25) is 0 Å². The molecule has 1 aromatic rings. The summed E-state index contributed by atoms with van der Waals surface area (Å²) in [7, 11) is 2.63. The van der Waals surface area contributed by atoms with Gasteiger partial charge >= 0.3 is 6.18 Å². The number of rotatable bonds is 4. The Balaban J connectivity index is 2.28. The zero-order valence-electron chi connectivity index (χ0n) is 13.3. The monoisotopic (exact) mass is 331 g/mol. The molecule has 0 bridgehead atoms. The van der Waals surface area contributed by atoms with Gasteiger partial charge in [-0.2, -0.15) is 18.3 Å². The third kappa shape index (κ3) is 3.74. The van der Waals surface area contributed by atoms with Crippen molar-refractivity contribution >= 4 is 5.91 Å². The normalized spacial score (nSPS) is 19.7. The molecule has 2 unspecified atom stereocenters. The summed E-state index contributed by atoms with van der Waals surface area (Å²) in [6.07, 6.45) is 2.99. The van der Waals surface area contributed by atoms with Crippen LogP contribution < -0.4 is 0 Å². The molecular weight excluding hydrogens is 311 g/mol. The van der Waals surface area contributed by atoms with Gasteiger partial charge < -0.3 is 0 Å². The first-order valence-electron chi connectivity index (χ1n) is 7.39. The molecule has 23 heavy (non-hydrogen) atoms. The molecule has 1 aliphatic rings. The van der Waals surface area contributed by atoms with Gasteiger partial charge in [0.1, 0.15) is 0 Å². The molecule has 0 aromatic carbocycles. The summed E-state index contributed by atoms with van der Waals surface area (Å²) in [6.45, 7) is 1.79. The Morgan fingerprint density at radius 2 is 2.17 bits per heavy atom. The molecule has 8 heteroatoms. The van der Waals surface area contributed by atoms with Crippen LogP contribution in [0.1, 0.15) is 42.2 Å². The van der Waals surface area contributed by atoms with E-state index >= 15 is 0 Å². The molecule has 0 radical (unpaired) electrons. The van der Waals surface area contributed by atoms with Crippen LogP contribution in [0.3, 0.4) is 0 Å². The van der Waals surface area contributed by atoms with E-state index < -0.39 is 23.3 Å². The summed E-state index contributed by atoms with van der Waals surface area (Å²) >= 11 is 0. The number of hydroxylamine groups is 2. The zero-order valence-corrected chi connectivity index (χ0v) is 13.3. The molecule has 1 aromatic heterocycles. The Labute approximate surface area is 132 Å². The lowest BCUT2D eigenvalue weighted by atomic mass is 9.88. The second-order valence-electron chi connectivity index (χ2n) is 5.66. The largest absolute Gasteiger partial charge is 0.435 e. The van der Waals surface area contributed by atoms with Gasteiger partial charge in [0.05, 0.1) is 18.7 Å². The second kappa shape index (κ2) is 6.74. The van der Waals surface area contributed by atoms with Crippen LogP contribution >= 0.6 is 0 Å². The molecule has 1 aliphatic carbocycles. The fraction of sp³-hybridized carbons (Fsp3) is 0.600. The van der Waals surface area contributed by atoms with E-state index in [1.54, 1.807) is 6.92 Å². The van der Waals surface area contributed by atoms with Gasteiger partial charge in [-0.25, -0.2) is 5.06 Å². The van der Waals surface area contributed by atoms with Gasteiger partial charge in [-0.3, -0.25) is 14.3 Å². The summed E-state index contributed by atoms with van der Waals surface area (Å²) in [5.74, 6) is -0.676. The molecule has 0 spiro atoms. The van der Waals surface area contributed by atoms with Crippen LogP contribution in [0.15, 0.2) is 18.3 Å². The number of alkyl halides is 3. The van der Waals surface area contributed by atoms with Crippen LogP contribution in [-0.4, -0.2) is 33.9 Å². The van der Waals surface area contributed by atoms with Crippen LogP contribution in [0.4, 0.5) is 13.2 Å².